The number of likely N-dealkylation sites (tertiary alicyclic amines) is 1. The number of hydrogen-bond donors (Lipinski definition) is 0. The van der Waals surface area contributed by atoms with E-state index in [1.54, 1.807) is 6.92 Å². The Kier molecular flexibility index (Phi) is 4.16. The maximum atomic E-state index is 12.8. The fourth-order valence-electron chi connectivity index (χ4n) is 2.13. The van der Waals surface area contributed by atoms with Gasteiger partial charge in [0.05, 0.1) is 16.5 Å². The first-order valence-electron chi connectivity index (χ1n) is 6.60. The van der Waals surface area contributed by atoms with Crippen molar-refractivity contribution < 1.29 is 22.8 Å². The van der Waals surface area contributed by atoms with Crippen LogP contribution in [0.15, 0.2) is 16.0 Å². The van der Waals surface area contributed by atoms with E-state index in [9.17, 15) is 13.6 Å². The van der Waals surface area contributed by atoms with Gasteiger partial charge in [0.25, 0.3) is 18.2 Å². The molecule has 0 saturated carbocycles. The van der Waals surface area contributed by atoms with E-state index in [1.165, 1.54) is 16.3 Å². The molecule has 0 radical (unpaired) electrons. The molecule has 3 rings (SSSR count). The average molecular weight is 329 g/mol. The number of carbonyl (C=O) groups excluding carboxylic acids is 1. The van der Waals surface area contributed by atoms with Crippen molar-refractivity contribution in [3.05, 3.63) is 33.6 Å². The second kappa shape index (κ2) is 6.09. The third-order valence-corrected chi connectivity index (χ3v) is 4.20. The van der Waals surface area contributed by atoms with E-state index in [0.717, 1.165) is 11.3 Å². The molecule has 0 aliphatic carbocycles. The molecule has 0 aromatic carbocycles. The molecule has 6 nitrogen and oxygen atoms in total. The minimum atomic E-state index is -2.63. The zero-order chi connectivity index (χ0) is 15.7. The summed E-state index contributed by atoms with van der Waals surface area (Å²) in [5.41, 5.74) is 0.0750. The Balaban J connectivity index is 1.50. The van der Waals surface area contributed by atoms with Crippen LogP contribution in [0.25, 0.3) is 0 Å². The van der Waals surface area contributed by atoms with E-state index in [4.69, 9.17) is 9.26 Å². The fourth-order valence-corrected chi connectivity index (χ4v) is 2.87. The second-order valence-corrected chi connectivity index (χ2v) is 5.83. The number of alkyl halides is 2. The minimum Gasteiger partial charge on any atom is -0.365 e. The molecule has 1 amide bonds. The lowest BCUT2D eigenvalue weighted by Crippen LogP contribution is -2.54. The second-order valence-electron chi connectivity index (χ2n) is 4.88. The molecule has 118 valence electrons. The number of hydrogen-bond acceptors (Lipinski definition) is 6. The van der Waals surface area contributed by atoms with Gasteiger partial charge in [0, 0.05) is 13.1 Å². The number of aromatic nitrogens is 2. The number of halogens is 2. The highest BCUT2D eigenvalue weighted by Crippen LogP contribution is 2.30. The van der Waals surface area contributed by atoms with Gasteiger partial charge in [-0.2, -0.15) is 4.98 Å². The summed E-state index contributed by atoms with van der Waals surface area (Å²) < 4.78 is 36.0. The van der Waals surface area contributed by atoms with Crippen molar-refractivity contribution >= 4 is 17.2 Å². The molecule has 0 bridgehead atoms. The van der Waals surface area contributed by atoms with Crippen LogP contribution in [0.1, 0.15) is 33.4 Å². The number of rotatable bonds is 5. The monoisotopic (exact) mass is 329 g/mol. The first-order chi connectivity index (χ1) is 10.5. The summed E-state index contributed by atoms with van der Waals surface area (Å²) in [5, 5.41) is 5.14. The van der Waals surface area contributed by atoms with Crippen molar-refractivity contribution in [3.63, 3.8) is 0 Å². The SMILES string of the molecule is Cc1noc(COC2CN(C(=O)c3ccsc3C(F)F)C2)n1. The average Bonchev–Trinajstić information content (AvgIpc) is 3.05. The maximum Gasteiger partial charge on any atom is 0.273 e. The zero-order valence-corrected chi connectivity index (χ0v) is 12.5. The van der Waals surface area contributed by atoms with Gasteiger partial charge in [0.2, 0.25) is 0 Å². The highest BCUT2D eigenvalue weighted by atomic mass is 32.1. The van der Waals surface area contributed by atoms with Gasteiger partial charge >= 0.3 is 0 Å². The highest BCUT2D eigenvalue weighted by Gasteiger charge is 2.34. The number of nitrogens with zero attached hydrogens (tertiary/aromatic N) is 3. The normalized spacial score (nSPS) is 15.4. The van der Waals surface area contributed by atoms with Crippen LogP contribution in [0.2, 0.25) is 0 Å². The predicted octanol–water partition coefficient (Wildman–Crippen LogP) is 2.42. The molecule has 0 atom stereocenters. The lowest BCUT2D eigenvalue weighted by atomic mass is 10.1. The standard InChI is InChI=1S/C13H13F2N3O3S/c1-7-16-10(21-17-7)6-20-8-4-18(5-8)13(19)9-2-3-22-11(9)12(14)15/h2-3,8,12H,4-6H2,1H3. The van der Waals surface area contributed by atoms with Crippen molar-refractivity contribution in [3.8, 4) is 0 Å². The van der Waals surface area contributed by atoms with Crippen LogP contribution in [0.5, 0.6) is 0 Å². The first kappa shape index (κ1) is 15.0. The number of thiophene rings is 1. The third-order valence-electron chi connectivity index (χ3n) is 3.27. The van der Waals surface area contributed by atoms with Gasteiger partial charge < -0.3 is 14.2 Å². The Labute approximate surface area is 128 Å². The van der Waals surface area contributed by atoms with Crippen LogP contribution in [0.3, 0.4) is 0 Å². The van der Waals surface area contributed by atoms with E-state index in [-0.39, 0.29) is 29.1 Å². The van der Waals surface area contributed by atoms with Gasteiger partial charge in [0.1, 0.15) is 6.61 Å². The lowest BCUT2D eigenvalue weighted by Gasteiger charge is -2.38. The van der Waals surface area contributed by atoms with Crippen molar-refractivity contribution in [2.24, 2.45) is 0 Å². The summed E-state index contributed by atoms with van der Waals surface area (Å²) in [6.07, 6.45) is -2.78. The largest absolute Gasteiger partial charge is 0.365 e. The van der Waals surface area contributed by atoms with Crippen LogP contribution in [-0.2, 0) is 11.3 Å². The van der Waals surface area contributed by atoms with Gasteiger partial charge in [-0.05, 0) is 18.4 Å². The Morgan fingerprint density at radius 3 is 3.00 bits per heavy atom. The summed E-state index contributed by atoms with van der Waals surface area (Å²) in [5.74, 6) is 0.520. The minimum absolute atomic E-state index is 0.0750. The molecular weight excluding hydrogens is 316 g/mol. The quantitative estimate of drug-likeness (QED) is 0.843. The summed E-state index contributed by atoms with van der Waals surface area (Å²) in [4.78, 5) is 17.4. The molecule has 1 saturated heterocycles. The predicted molar refractivity (Wildman–Crippen MR) is 72.8 cm³/mol. The van der Waals surface area contributed by atoms with Gasteiger partial charge in [-0.25, -0.2) is 8.78 Å². The Morgan fingerprint density at radius 1 is 1.59 bits per heavy atom. The van der Waals surface area contributed by atoms with Crippen molar-refractivity contribution in [1.82, 2.24) is 15.0 Å². The van der Waals surface area contributed by atoms with Gasteiger partial charge in [0.15, 0.2) is 5.82 Å². The number of carbonyl (C=O) groups is 1. The van der Waals surface area contributed by atoms with E-state index in [0.29, 0.717) is 24.8 Å². The molecule has 0 spiro atoms. The fraction of sp³-hybridized carbons (Fsp3) is 0.462. The van der Waals surface area contributed by atoms with Gasteiger partial charge in [-0.1, -0.05) is 5.16 Å². The Morgan fingerprint density at radius 2 is 2.36 bits per heavy atom. The van der Waals surface area contributed by atoms with Crippen molar-refractivity contribution in [1.29, 1.82) is 0 Å². The molecule has 2 aromatic heterocycles. The molecule has 9 heteroatoms. The Hall–Kier alpha value is -1.87. The number of ether oxygens (including phenoxy) is 1. The molecule has 2 aromatic rings. The van der Waals surface area contributed by atoms with Crippen LogP contribution in [-0.4, -0.2) is 40.1 Å². The highest BCUT2D eigenvalue weighted by molar-refractivity contribution is 7.10. The van der Waals surface area contributed by atoms with Crippen LogP contribution in [0.4, 0.5) is 8.78 Å². The zero-order valence-electron chi connectivity index (χ0n) is 11.7. The molecular formula is C13H13F2N3O3S. The molecule has 1 fully saturated rings. The van der Waals surface area contributed by atoms with Gasteiger partial charge in [-0.3, -0.25) is 4.79 Å². The summed E-state index contributed by atoms with van der Waals surface area (Å²) >= 11 is 0.892. The molecule has 0 unspecified atom stereocenters. The molecule has 1 aliphatic heterocycles. The van der Waals surface area contributed by atoms with E-state index in [1.807, 2.05) is 0 Å². The maximum absolute atomic E-state index is 12.8. The topological polar surface area (TPSA) is 68.5 Å². The van der Waals surface area contributed by atoms with E-state index < -0.39 is 6.43 Å². The van der Waals surface area contributed by atoms with E-state index in [2.05, 4.69) is 10.1 Å². The Bertz CT molecular complexity index is 667. The van der Waals surface area contributed by atoms with E-state index >= 15 is 0 Å². The molecule has 3 heterocycles. The van der Waals surface area contributed by atoms with Crippen LogP contribution in [0, 0.1) is 6.92 Å². The third kappa shape index (κ3) is 3.00. The first-order valence-corrected chi connectivity index (χ1v) is 7.48. The number of aryl methyl sites for hydroxylation is 1. The van der Waals surface area contributed by atoms with Gasteiger partial charge in [-0.15, -0.1) is 11.3 Å². The van der Waals surface area contributed by atoms with Crippen molar-refractivity contribution in [2.45, 2.75) is 26.1 Å². The summed E-state index contributed by atoms with van der Waals surface area (Å²) in [7, 11) is 0. The lowest BCUT2D eigenvalue weighted by molar-refractivity contribution is -0.0569. The summed E-state index contributed by atoms with van der Waals surface area (Å²) in [6.45, 7) is 2.61. The molecule has 1 aliphatic rings. The molecule has 22 heavy (non-hydrogen) atoms. The molecule has 0 N–H and O–H groups in total. The number of amides is 1. The van der Waals surface area contributed by atoms with Crippen molar-refractivity contribution in [2.75, 3.05) is 13.1 Å². The smallest absolute Gasteiger partial charge is 0.273 e. The van der Waals surface area contributed by atoms with Crippen LogP contribution < -0.4 is 0 Å². The van der Waals surface area contributed by atoms with Crippen LogP contribution >= 0.6 is 11.3 Å². The summed E-state index contributed by atoms with van der Waals surface area (Å²) in [6, 6.07) is 1.43.